The molecule has 8 heteroatoms. The fourth-order valence-corrected chi connectivity index (χ4v) is 6.42. The third-order valence-corrected chi connectivity index (χ3v) is 8.02. The molecule has 3 N–H and O–H groups in total. The minimum atomic E-state index is -0.286. The summed E-state index contributed by atoms with van der Waals surface area (Å²) in [5.41, 5.74) is 6.75. The number of esters is 1. The molecule has 3 aliphatic rings. The van der Waals surface area contributed by atoms with Gasteiger partial charge in [-0.25, -0.2) is 0 Å². The number of ether oxygens (including phenoxy) is 1. The van der Waals surface area contributed by atoms with Crippen molar-refractivity contribution in [3.05, 3.63) is 10.6 Å². The molecular formula is C20H34BrN3O3S. The zero-order valence-electron chi connectivity index (χ0n) is 16.9. The Kier molecular flexibility index (Phi) is 9.15. The number of nitrogens with two attached hydrogens (primary N) is 1. The fourth-order valence-electron chi connectivity index (χ4n) is 4.88. The molecule has 0 bridgehead atoms. The number of nitrogens with one attached hydrogen (secondary N) is 1. The third-order valence-electron chi connectivity index (χ3n) is 6.43. The van der Waals surface area contributed by atoms with Crippen LogP contribution in [0.3, 0.4) is 0 Å². The summed E-state index contributed by atoms with van der Waals surface area (Å²) in [6, 6.07) is 0.476. The van der Waals surface area contributed by atoms with Crippen molar-refractivity contribution in [1.82, 2.24) is 10.2 Å². The first-order valence-electron chi connectivity index (χ1n) is 10.2. The predicted octanol–water partition coefficient (Wildman–Crippen LogP) is 3.17. The van der Waals surface area contributed by atoms with Crippen LogP contribution in [-0.2, 0) is 14.3 Å². The molecule has 2 aliphatic heterocycles. The van der Waals surface area contributed by atoms with Crippen LogP contribution in [0.1, 0.15) is 58.3 Å². The second-order valence-corrected chi connectivity index (χ2v) is 9.20. The smallest absolute Gasteiger partial charge is 0.305 e. The topological polar surface area (TPSA) is 84.7 Å². The number of methoxy groups -OCH3 is 1. The van der Waals surface area contributed by atoms with Crippen molar-refractivity contribution in [2.24, 2.45) is 17.6 Å². The molecule has 1 saturated carbocycles. The number of allylic oxidation sites excluding steroid dienone is 1. The van der Waals surface area contributed by atoms with E-state index >= 15 is 0 Å². The van der Waals surface area contributed by atoms with Gasteiger partial charge in [-0.2, -0.15) is 0 Å². The number of rotatable bonds is 6. The number of carbonyl (C=O) groups excluding carboxylic acids is 2. The molecule has 160 valence electrons. The number of piperidine rings is 1. The van der Waals surface area contributed by atoms with Gasteiger partial charge in [0.15, 0.2) is 0 Å². The minimum Gasteiger partial charge on any atom is -0.469 e. The molecule has 0 aromatic carbocycles. The first-order valence-corrected chi connectivity index (χ1v) is 11.1. The molecule has 1 saturated heterocycles. The summed E-state index contributed by atoms with van der Waals surface area (Å²) >= 11 is 1.70. The van der Waals surface area contributed by atoms with E-state index in [1.54, 1.807) is 11.8 Å². The summed E-state index contributed by atoms with van der Waals surface area (Å²) in [7, 11) is 1.45. The number of primary amides is 1. The lowest BCUT2D eigenvalue weighted by Crippen LogP contribution is -2.45. The van der Waals surface area contributed by atoms with Crippen LogP contribution in [0.25, 0.3) is 0 Å². The zero-order chi connectivity index (χ0) is 19.4. The van der Waals surface area contributed by atoms with Crippen molar-refractivity contribution < 1.29 is 14.3 Å². The van der Waals surface area contributed by atoms with Crippen molar-refractivity contribution >= 4 is 40.6 Å². The normalized spacial score (nSPS) is 28.8. The van der Waals surface area contributed by atoms with Gasteiger partial charge in [-0.15, -0.1) is 17.0 Å². The Hall–Kier alpha value is -0.730. The van der Waals surface area contributed by atoms with Gasteiger partial charge < -0.3 is 20.7 Å². The number of hydrogen-bond donors (Lipinski definition) is 2. The molecular weight excluding hydrogens is 442 g/mol. The van der Waals surface area contributed by atoms with E-state index in [0.29, 0.717) is 29.7 Å². The molecule has 0 spiro atoms. The SMILES string of the molecule is Br.COC(=O)CCC1CCC(N2C(C)=C(C(N)=O)SC2C2CCNCC2)CC1. The van der Waals surface area contributed by atoms with Crippen molar-refractivity contribution in [2.75, 3.05) is 20.2 Å². The second-order valence-electron chi connectivity index (χ2n) is 8.07. The number of nitrogens with zero attached hydrogens (tertiary/aromatic N) is 1. The lowest BCUT2D eigenvalue weighted by molar-refractivity contribution is -0.141. The Balaban J connectivity index is 0.00000280. The summed E-state index contributed by atoms with van der Waals surface area (Å²) in [6.07, 6.45) is 8.28. The highest BCUT2D eigenvalue weighted by molar-refractivity contribution is 8.93. The summed E-state index contributed by atoms with van der Waals surface area (Å²) in [6.45, 7) is 4.18. The fraction of sp³-hybridized carbons (Fsp3) is 0.800. The van der Waals surface area contributed by atoms with E-state index in [1.807, 2.05) is 0 Å². The van der Waals surface area contributed by atoms with Crippen molar-refractivity contribution in [3.8, 4) is 0 Å². The van der Waals surface area contributed by atoms with Gasteiger partial charge in [0, 0.05) is 18.2 Å². The molecule has 3 rings (SSSR count). The standard InChI is InChI=1S/C20H33N3O3S.BrH/c1-13-18(19(21)25)27-20(15-9-11-22-12-10-15)23(13)16-6-3-14(4-7-16)5-8-17(24)26-2;/h14-16,20,22H,3-12H2,1-2H3,(H2,21,25);1H. The number of hydrogen-bond acceptors (Lipinski definition) is 6. The Morgan fingerprint density at radius 3 is 2.39 bits per heavy atom. The predicted molar refractivity (Wildman–Crippen MR) is 118 cm³/mol. The van der Waals surface area contributed by atoms with Gasteiger partial charge in [-0.05, 0) is 76.8 Å². The molecule has 0 aromatic heterocycles. The van der Waals surface area contributed by atoms with E-state index in [4.69, 9.17) is 10.5 Å². The largest absolute Gasteiger partial charge is 0.469 e. The van der Waals surface area contributed by atoms with Gasteiger partial charge >= 0.3 is 5.97 Å². The number of thioether (sulfide) groups is 1. The maximum Gasteiger partial charge on any atom is 0.305 e. The highest BCUT2D eigenvalue weighted by Crippen LogP contribution is 2.47. The molecule has 2 fully saturated rings. The Morgan fingerprint density at radius 2 is 1.82 bits per heavy atom. The second kappa shape index (κ2) is 10.9. The first kappa shape index (κ1) is 23.5. The van der Waals surface area contributed by atoms with Crippen LogP contribution in [-0.4, -0.2) is 48.4 Å². The molecule has 1 unspecified atom stereocenters. The van der Waals surface area contributed by atoms with E-state index in [0.717, 1.165) is 68.6 Å². The lowest BCUT2D eigenvalue weighted by atomic mass is 9.82. The number of amides is 1. The van der Waals surface area contributed by atoms with E-state index in [9.17, 15) is 9.59 Å². The molecule has 0 radical (unpaired) electrons. The third kappa shape index (κ3) is 5.45. The minimum absolute atomic E-state index is 0. The Morgan fingerprint density at radius 1 is 1.18 bits per heavy atom. The number of halogens is 1. The number of carbonyl (C=O) groups is 2. The van der Waals surface area contributed by atoms with Crippen LogP contribution in [0.5, 0.6) is 0 Å². The van der Waals surface area contributed by atoms with Gasteiger partial charge in [0.25, 0.3) is 5.91 Å². The van der Waals surface area contributed by atoms with Gasteiger partial charge in [0.05, 0.1) is 17.4 Å². The molecule has 1 atom stereocenters. The highest BCUT2D eigenvalue weighted by atomic mass is 79.9. The van der Waals surface area contributed by atoms with Gasteiger partial charge in [-0.1, -0.05) is 11.8 Å². The van der Waals surface area contributed by atoms with Crippen molar-refractivity contribution in [3.63, 3.8) is 0 Å². The lowest BCUT2D eigenvalue weighted by Gasteiger charge is -2.43. The van der Waals surface area contributed by atoms with E-state index in [1.165, 1.54) is 7.11 Å². The van der Waals surface area contributed by atoms with Crippen LogP contribution < -0.4 is 11.1 Å². The summed E-state index contributed by atoms with van der Waals surface area (Å²) in [5.74, 6) is 0.808. The van der Waals surface area contributed by atoms with Crippen LogP contribution >= 0.6 is 28.7 Å². The summed E-state index contributed by atoms with van der Waals surface area (Å²) in [5, 5.41) is 3.78. The summed E-state index contributed by atoms with van der Waals surface area (Å²) < 4.78 is 4.77. The average Bonchev–Trinajstić information content (AvgIpc) is 3.04. The van der Waals surface area contributed by atoms with Crippen LogP contribution in [0.4, 0.5) is 0 Å². The van der Waals surface area contributed by atoms with Gasteiger partial charge in [0.2, 0.25) is 0 Å². The molecule has 6 nitrogen and oxygen atoms in total. The zero-order valence-corrected chi connectivity index (χ0v) is 19.5. The van der Waals surface area contributed by atoms with E-state index < -0.39 is 0 Å². The molecule has 28 heavy (non-hydrogen) atoms. The highest BCUT2D eigenvalue weighted by Gasteiger charge is 2.42. The van der Waals surface area contributed by atoms with Crippen LogP contribution in [0, 0.1) is 11.8 Å². The van der Waals surface area contributed by atoms with E-state index in [2.05, 4.69) is 17.1 Å². The molecule has 1 aliphatic carbocycles. The van der Waals surface area contributed by atoms with Crippen LogP contribution in [0.2, 0.25) is 0 Å². The van der Waals surface area contributed by atoms with Crippen molar-refractivity contribution in [2.45, 2.75) is 69.7 Å². The van der Waals surface area contributed by atoms with Gasteiger partial charge in [0.1, 0.15) is 0 Å². The molecule has 2 heterocycles. The van der Waals surface area contributed by atoms with E-state index in [-0.39, 0.29) is 28.9 Å². The van der Waals surface area contributed by atoms with Gasteiger partial charge in [-0.3, -0.25) is 9.59 Å². The average molecular weight is 476 g/mol. The molecule has 1 amide bonds. The quantitative estimate of drug-likeness (QED) is 0.573. The van der Waals surface area contributed by atoms with Crippen LogP contribution in [0.15, 0.2) is 10.6 Å². The maximum absolute atomic E-state index is 12.0. The monoisotopic (exact) mass is 475 g/mol. The maximum atomic E-state index is 12.0. The Bertz CT molecular complexity index is 587. The summed E-state index contributed by atoms with van der Waals surface area (Å²) in [4.78, 5) is 26.6. The van der Waals surface area contributed by atoms with Crippen molar-refractivity contribution in [1.29, 1.82) is 0 Å². The molecule has 0 aromatic rings. The first-order chi connectivity index (χ1) is 13.0. The Labute approximate surface area is 183 Å².